The van der Waals surface area contributed by atoms with Crippen LogP contribution in [0.15, 0.2) is 0 Å². The zero-order chi connectivity index (χ0) is 16.0. The summed E-state index contributed by atoms with van der Waals surface area (Å²) in [5.41, 5.74) is -0.418. The molecular formula is C16H33N3O2. The van der Waals surface area contributed by atoms with Gasteiger partial charge in [0.1, 0.15) is 5.60 Å². The molecule has 0 aromatic carbocycles. The largest absolute Gasteiger partial charge is 0.444 e. The number of hydrogen-bond donors (Lipinski definition) is 1. The first kappa shape index (κ1) is 18.2. The van der Waals surface area contributed by atoms with Gasteiger partial charge in [-0.2, -0.15) is 0 Å². The topological polar surface area (TPSA) is 44.8 Å². The number of ether oxygens (including phenoxy) is 1. The highest BCUT2D eigenvalue weighted by atomic mass is 16.6. The molecule has 5 heteroatoms. The zero-order valence-corrected chi connectivity index (χ0v) is 14.6. The summed E-state index contributed by atoms with van der Waals surface area (Å²) < 4.78 is 5.43. The summed E-state index contributed by atoms with van der Waals surface area (Å²) in [5.74, 6) is 0. The molecule has 1 amide bonds. The van der Waals surface area contributed by atoms with Crippen molar-refractivity contribution in [3.63, 3.8) is 0 Å². The molecule has 0 spiro atoms. The van der Waals surface area contributed by atoms with Crippen LogP contribution in [-0.4, -0.2) is 66.3 Å². The molecule has 0 radical (unpaired) electrons. The minimum atomic E-state index is -0.418. The normalized spacial score (nSPS) is 20.9. The summed E-state index contributed by atoms with van der Waals surface area (Å²) in [6.07, 6.45) is 0.810. The van der Waals surface area contributed by atoms with Gasteiger partial charge in [-0.15, -0.1) is 0 Å². The molecule has 2 unspecified atom stereocenters. The Labute approximate surface area is 130 Å². The van der Waals surface area contributed by atoms with Gasteiger partial charge in [-0.05, 0) is 47.2 Å². The first-order valence-electron chi connectivity index (χ1n) is 8.21. The molecule has 0 aromatic rings. The van der Waals surface area contributed by atoms with Crippen molar-refractivity contribution >= 4 is 6.09 Å². The van der Waals surface area contributed by atoms with Crippen molar-refractivity contribution in [3.05, 3.63) is 0 Å². The maximum atomic E-state index is 12.0. The fourth-order valence-electron chi connectivity index (χ4n) is 2.71. The van der Waals surface area contributed by atoms with E-state index in [9.17, 15) is 4.79 Å². The summed E-state index contributed by atoms with van der Waals surface area (Å²) in [7, 11) is 0. The molecule has 5 nitrogen and oxygen atoms in total. The monoisotopic (exact) mass is 299 g/mol. The lowest BCUT2D eigenvalue weighted by Gasteiger charge is -2.27. The van der Waals surface area contributed by atoms with Gasteiger partial charge < -0.3 is 19.9 Å². The van der Waals surface area contributed by atoms with Crippen LogP contribution in [0.25, 0.3) is 0 Å². The fraction of sp³-hybridized carbons (Fsp3) is 0.938. The molecule has 1 fully saturated rings. The Morgan fingerprint density at radius 1 is 1.38 bits per heavy atom. The molecule has 2 atom stereocenters. The van der Waals surface area contributed by atoms with Crippen molar-refractivity contribution in [1.82, 2.24) is 15.1 Å². The van der Waals surface area contributed by atoms with E-state index in [0.717, 1.165) is 39.1 Å². The number of carbonyl (C=O) groups excluding carboxylic acids is 1. The van der Waals surface area contributed by atoms with Crippen molar-refractivity contribution in [3.8, 4) is 0 Å². The van der Waals surface area contributed by atoms with Crippen LogP contribution in [-0.2, 0) is 4.74 Å². The highest BCUT2D eigenvalue weighted by Crippen LogP contribution is 2.15. The van der Waals surface area contributed by atoms with E-state index in [0.29, 0.717) is 12.1 Å². The highest BCUT2D eigenvalue weighted by Gasteiger charge is 2.30. The molecule has 1 rings (SSSR count). The quantitative estimate of drug-likeness (QED) is 0.817. The Hall–Kier alpha value is -0.810. The van der Waals surface area contributed by atoms with Gasteiger partial charge in [0.2, 0.25) is 0 Å². The number of likely N-dealkylation sites (tertiary alicyclic amines) is 1. The summed E-state index contributed by atoms with van der Waals surface area (Å²) in [6.45, 7) is 17.1. The van der Waals surface area contributed by atoms with Gasteiger partial charge in [-0.3, -0.25) is 0 Å². The molecule has 1 N–H and O–H groups in total. The summed E-state index contributed by atoms with van der Waals surface area (Å²) in [4.78, 5) is 16.3. The lowest BCUT2D eigenvalue weighted by Crippen LogP contribution is -2.45. The third kappa shape index (κ3) is 6.66. The van der Waals surface area contributed by atoms with E-state index in [1.54, 1.807) is 0 Å². The van der Waals surface area contributed by atoms with E-state index in [4.69, 9.17) is 4.74 Å². The van der Waals surface area contributed by atoms with Gasteiger partial charge in [-0.25, -0.2) is 4.79 Å². The smallest absolute Gasteiger partial charge is 0.410 e. The van der Waals surface area contributed by atoms with Gasteiger partial charge in [-0.1, -0.05) is 13.8 Å². The Morgan fingerprint density at radius 3 is 2.52 bits per heavy atom. The van der Waals surface area contributed by atoms with E-state index in [-0.39, 0.29) is 6.09 Å². The van der Waals surface area contributed by atoms with Crippen LogP contribution in [0.1, 0.15) is 48.0 Å². The second-order valence-corrected chi connectivity index (χ2v) is 6.97. The van der Waals surface area contributed by atoms with E-state index >= 15 is 0 Å². The summed E-state index contributed by atoms with van der Waals surface area (Å²) in [5, 5.41) is 3.63. The first-order chi connectivity index (χ1) is 9.75. The van der Waals surface area contributed by atoms with Crippen LogP contribution in [0.2, 0.25) is 0 Å². The molecule has 1 aliphatic heterocycles. The molecule has 0 saturated carbocycles. The minimum absolute atomic E-state index is 0.191. The Morgan fingerprint density at radius 2 is 2.00 bits per heavy atom. The molecule has 0 aliphatic carbocycles. The predicted molar refractivity (Wildman–Crippen MR) is 86.6 cm³/mol. The SMILES string of the molecule is CCN(CC)CC(C)NC1CCN(C(=O)OC(C)(C)C)C1. The average Bonchev–Trinajstić information content (AvgIpc) is 2.82. The molecular weight excluding hydrogens is 266 g/mol. The number of rotatable bonds is 6. The third-order valence-corrected chi connectivity index (χ3v) is 3.79. The van der Waals surface area contributed by atoms with Gasteiger partial charge in [0, 0.05) is 31.7 Å². The maximum absolute atomic E-state index is 12.0. The van der Waals surface area contributed by atoms with Crippen molar-refractivity contribution in [2.75, 3.05) is 32.7 Å². The van der Waals surface area contributed by atoms with Crippen LogP contribution in [0.3, 0.4) is 0 Å². The molecule has 0 aromatic heterocycles. The third-order valence-electron chi connectivity index (χ3n) is 3.79. The standard InChI is InChI=1S/C16H33N3O2/c1-7-18(8-2)11-13(3)17-14-9-10-19(12-14)15(20)21-16(4,5)6/h13-14,17H,7-12H2,1-6H3. The number of amides is 1. The Bertz CT molecular complexity index is 324. The number of hydrogen-bond acceptors (Lipinski definition) is 4. The van der Waals surface area contributed by atoms with Gasteiger partial charge in [0.25, 0.3) is 0 Å². The van der Waals surface area contributed by atoms with Crippen molar-refractivity contribution < 1.29 is 9.53 Å². The predicted octanol–water partition coefficient (Wildman–Crippen LogP) is 2.32. The van der Waals surface area contributed by atoms with Crippen LogP contribution in [0, 0.1) is 0 Å². The fourth-order valence-corrected chi connectivity index (χ4v) is 2.71. The molecule has 1 saturated heterocycles. The zero-order valence-electron chi connectivity index (χ0n) is 14.6. The molecule has 0 bridgehead atoms. The van der Waals surface area contributed by atoms with Crippen LogP contribution in [0.4, 0.5) is 4.79 Å². The van der Waals surface area contributed by atoms with Crippen molar-refractivity contribution in [1.29, 1.82) is 0 Å². The van der Waals surface area contributed by atoms with Gasteiger partial charge in [0.15, 0.2) is 0 Å². The molecule has 1 heterocycles. The number of carbonyl (C=O) groups is 1. The van der Waals surface area contributed by atoms with Crippen molar-refractivity contribution in [2.45, 2.75) is 65.6 Å². The number of nitrogens with zero attached hydrogens (tertiary/aromatic N) is 2. The van der Waals surface area contributed by atoms with Crippen molar-refractivity contribution in [2.24, 2.45) is 0 Å². The highest BCUT2D eigenvalue weighted by molar-refractivity contribution is 5.68. The summed E-state index contributed by atoms with van der Waals surface area (Å²) in [6, 6.07) is 0.816. The molecule has 1 aliphatic rings. The van der Waals surface area contributed by atoms with E-state index < -0.39 is 5.60 Å². The average molecular weight is 299 g/mol. The van der Waals surface area contributed by atoms with Crippen LogP contribution < -0.4 is 5.32 Å². The van der Waals surface area contributed by atoms with E-state index in [1.165, 1.54) is 0 Å². The van der Waals surface area contributed by atoms with Gasteiger partial charge in [0.05, 0.1) is 0 Å². The Balaban J connectivity index is 2.35. The summed E-state index contributed by atoms with van der Waals surface area (Å²) >= 11 is 0. The second-order valence-electron chi connectivity index (χ2n) is 6.97. The lowest BCUT2D eigenvalue weighted by atomic mass is 10.2. The Kier molecular flexibility index (Phi) is 6.94. The van der Waals surface area contributed by atoms with Gasteiger partial charge >= 0.3 is 6.09 Å². The molecule has 21 heavy (non-hydrogen) atoms. The second kappa shape index (κ2) is 7.99. The molecule has 124 valence electrons. The van der Waals surface area contributed by atoms with Crippen LogP contribution in [0.5, 0.6) is 0 Å². The maximum Gasteiger partial charge on any atom is 0.410 e. The van der Waals surface area contributed by atoms with Crippen LogP contribution >= 0.6 is 0 Å². The number of nitrogens with one attached hydrogen (secondary N) is 1. The van der Waals surface area contributed by atoms with E-state index in [2.05, 4.69) is 31.0 Å². The number of likely N-dealkylation sites (N-methyl/N-ethyl adjacent to an activating group) is 1. The van der Waals surface area contributed by atoms with E-state index in [1.807, 2.05) is 25.7 Å². The minimum Gasteiger partial charge on any atom is -0.444 e. The first-order valence-corrected chi connectivity index (χ1v) is 8.21. The lowest BCUT2D eigenvalue weighted by molar-refractivity contribution is 0.0290.